The first kappa shape index (κ1) is 16.9. The van der Waals surface area contributed by atoms with Crippen molar-refractivity contribution in [1.29, 1.82) is 0 Å². The molecule has 2 heterocycles. The number of anilines is 1. The Kier molecular flexibility index (Phi) is 5.72. The molecule has 0 N–H and O–H groups in total. The van der Waals surface area contributed by atoms with Gasteiger partial charge in [-0.2, -0.15) is 0 Å². The summed E-state index contributed by atoms with van der Waals surface area (Å²) in [6, 6.07) is 6.12. The lowest BCUT2D eigenvalue weighted by Gasteiger charge is -2.32. The number of benzene rings is 1. The second kappa shape index (κ2) is 7.77. The molecule has 2 unspecified atom stereocenters. The predicted molar refractivity (Wildman–Crippen MR) is 93.8 cm³/mol. The zero-order valence-electron chi connectivity index (χ0n) is 13.6. The van der Waals surface area contributed by atoms with Crippen LogP contribution in [0.1, 0.15) is 38.2 Å². The third kappa shape index (κ3) is 4.14. The fraction of sp³-hybridized carbons (Fsp3) is 0.611. The Morgan fingerprint density at radius 3 is 3.09 bits per heavy atom. The summed E-state index contributed by atoms with van der Waals surface area (Å²) in [7, 11) is 0. The van der Waals surface area contributed by atoms with Gasteiger partial charge in [0.15, 0.2) is 0 Å². The molecule has 2 atom stereocenters. The zero-order valence-corrected chi connectivity index (χ0v) is 15.2. The van der Waals surface area contributed by atoms with Gasteiger partial charge in [0.2, 0.25) is 0 Å². The second-order valence-corrected chi connectivity index (χ2v) is 7.25. The molecule has 4 nitrogen and oxygen atoms in total. The van der Waals surface area contributed by atoms with E-state index in [1.54, 1.807) is 0 Å². The normalized spacial score (nSPS) is 22.5. The first-order valence-electron chi connectivity index (χ1n) is 8.48. The zero-order chi connectivity index (χ0) is 16.2. The minimum Gasteiger partial charge on any atom is -0.376 e. The van der Waals surface area contributed by atoms with Crippen LogP contribution in [0.4, 0.5) is 5.69 Å². The van der Waals surface area contributed by atoms with Crippen LogP contribution in [0.3, 0.4) is 0 Å². The quantitative estimate of drug-likeness (QED) is 0.797. The number of hydrogen-bond donors (Lipinski definition) is 0. The minimum atomic E-state index is -0.435. The highest BCUT2D eigenvalue weighted by Crippen LogP contribution is 2.30. The standard InChI is InChI=1S/C18H24BrNO3/c1-13(23-12-16-6-2-3-10-22-16)18(21)20-9-4-5-14-11-15(19)7-8-17(14)20/h7-8,11,13,16H,2-6,9-10,12H2,1H3. The smallest absolute Gasteiger partial charge is 0.255 e. The Balaban J connectivity index is 1.61. The van der Waals surface area contributed by atoms with Gasteiger partial charge in [0.05, 0.1) is 12.7 Å². The van der Waals surface area contributed by atoms with Crippen LogP contribution >= 0.6 is 15.9 Å². The van der Waals surface area contributed by atoms with E-state index in [-0.39, 0.29) is 12.0 Å². The number of halogens is 1. The highest BCUT2D eigenvalue weighted by atomic mass is 79.9. The van der Waals surface area contributed by atoms with E-state index in [2.05, 4.69) is 22.0 Å². The van der Waals surface area contributed by atoms with Gasteiger partial charge in [-0.15, -0.1) is 0 Å². The van der Waals surface area contributed by atoms with Crippen molar-refractivity contribution in [2.75, 3.05) is 24.7 Å². The summed E-state index contributed by atoms with van der Waals surface area (Å²) in [4.78, 5) is 14.6. The van der Waals surface area contributed by atoms with Gasteiger partial charge in [-0.1, -0.05) is 15.9 Å². The number of carbonyl (C=O) groups is 1. The maximum absolute atomic E-state index is 12.8. The summed E-state index contributed by atoms with van der Waals surface area (Å²) in [6.45, 7) is 3.93. The van der Waals surface area contributed by atoms with Crippen molar-refractivity contribution in [3.05, 3.63) is 28.2 Å². The van der Waals surface area contributed by atoms with Crippen LogP contribution in [-0.2, 0) is 20.7 Å². The number of hydrogen-bond acceptors (Lipinski definition) is 3. The van der Waals surface area contributed by atoms with Crippen LogP contribution in [-0.4, -0.2) is 37.9 Å². The maximum atomic E-state index is 12.8. The Morgan fingerprint density at radius 1 is 1.43 bits per heavy atom. The molecule has 0 aliphatic carbocycles. The summed E-state index contributed by atoms with van der Waals surface area (Å²) in [5, 5.41) is 0. The first-order valence-corrected chi connectivity index (χ1v) is 9.27. The Bertz CT molecular complexity index is 557. The number of aryl methyl sites for hydroxylation is 1. The van der Waals surface area contributed by atoms with Crippen LogP contribution in [0, 0.1) is 0 Å². The lowest BCUT2D eigenvalue weighted by Crippen LogP contribution is -2.43. The van der Waals surface area contributed by atoms with Gasteiger partial charge in [0, 0.05) is 23.3 Å². The molecule has 0 radical (unpaired) electrons. The monoisotopic (exact) mass is 381 g/mol. The molecule has 1 saturated heterocycles. The molecule has 2 aliphatic rings. The molecule has 0 spiro atoms. The predicted octanol–water partition coefficient (Wildman–Crippen LogP) is 3.70. The van der Waals surface area contributed by atoms with Crippen LogP contribution < -0.4 is 4.90 Å². The second-order valence-electron chi connectivity index (χ2n) is 6.33. The molecule has 0 saturated carbocycles. The van der Waals surface area contributed by atoms with Gasteiger partial charge >= 0.3 is 0 Å². The van der Waals surface area contributed by atoms with E-state index in [1.165, 1.54) is 12.0 Å². The van der Waals surface area contributed by atoms with Crippen molar-refractivity contribution in [3.8, 4) is 0 Å². The third-order valence-electron chi connectivity index (χ3n) is 4.58. The summed E-state index contributed by atoms with van der Waals surface area (Å²) < 4.78 is 12.5. The van der Waals surface area contributed by atoms with Gasteiger partial charge in [-0.25, -0.2) is 0 Å². The minimum absolute atomic E-state index is 0.0454. The summed E-state index contributed by atoms with van der Waals surface area (Å²) in [6.07, 6.45) is 5.06. The highest BCUT2D eigenvalue weighted by molar-refractivity contribution is 9.10. The Morgan fingerprint density at radius 2 is 2.30 bits per heavy atom. The number of rotatable bonds is 4. The van der Waals surface area contributed by atoms with Crippen LogP contribution in [0.15, 0.2) is 22.7 Å². The molecular formula is C18H24BrNO3. The van der Waals surface area contributed by atoms with Gasteiger partial charge in [-0.05, 0) is 62.8 Å². The van der Waals surface area contributed by atoms with Crippen LogP contribution in [0.5, 0.6) is 0 Å². The Hall–Kier alpha value is -0.910. The lowest BCUT2D eigenvalue weighted by atomic mass is 10.0. The maximum Gasteiger partial charge on any atom is 0.255 e. The van der Waals surface area contributed by atoms with E-state index < -0.39 is 6.10 Å². The molecule has 126 valence electrons. The molecule has 1 aromatic carbocycles. The first-order chi connectivity index (χ1) is 11.1. The van der Waals surface area contributed by atoms with Crippen molar-refractivity contribution in [1.82, 2.24) is 0 Å². The third-order valence-corrected chi connectivity index (χ3v) is 5.07. The summed E-state index contributed by atoms with van der Waals surface area (Å²) >= 11 is 3.50. The van der Waals surface area contributed by atoms with E-state index in [0.29, 0.717) is 6.61 Å². The number of carbonyl (C=O) groups excluding carboxylic acids is 1. The van der Waals surface area contributed by atoms with Crippen molar-refractivity contribution in [3.63, 3.8) is 0 Å². The van der Waals surface area contributed by atoms with Crippen LogP contribution in [0.25, 0.3) is 0 Å². The van der Waals surface area contributed by atoms with Gasteiger partial charge < -0.3 is 14.4 Å². The van der Waals surface area contributed by atoms with E-state index >= 15 is 0 Å². The Labute approximate surface area is 146 Å². The molecule has 0 aromatic heterocycles. The fourth-order valence-electron chi connectivity index (χ4n) is 3.28. The van der Waals surface area contributed by atoms with E-state index in [9.17, 15) is 4.79 Å². The highest BCUT2D eigenvalue weighted by Gasteiger charge is 2.27. The largest absolute Gasteiger partial charge is 0.376 e. The lowest BCUT2D eigenvalue weighted by molar-refractivity contribution is -0.132. The molecule has 2 aliphatic heterocycles. The number of amides is 1. The average molecular weight is 382 g/mol. The average Bonchev–Trinajstić information content (AvgIpc) is 2.59. The van der Waals surface area contributed by atoms with E-state index in [1.807, 2.05) is 24.0 Å². The number of ether oxygens (including phenoxy) is 2. The van der Waals surface area contributed by atoms with Crippen molar-refractivity contribution in [2.45, 2.75) is 51.2 Å². The van der Waals surface area contributed by atoms with Gasteiger partial charge in [-0.3, -0.25) is 4.79 Å². The molecule has 1 amide bonds. The number of fused-ring (bicyclic) bond motifs is 1. The molecule has 3 rings (SSSR count). The van der Waals surface area contributed by atoms with Gasteiger partial charge in [0.25, 0.3) is 5.91 Å². The molecule has 0 bridgehead atoms. The topological polar surface area (TPSA) is 38.8 Å². The summed E-state index contributed by atoms with van der Waals surface area (Å²) in [5.74, 6) is 0.0454. The fourth-order valence-corrected chi connectivity index (χ4v) is 3.68. The number of nitrogens with zero attached hydrogens (tertiary/aromatic N) is 1. The molecule has 1 aromatic rings. The van der Waals surface area contributed by atoms with Crippen molar-refractivity contribution < 1.29 is 14.3 Å². The van der Waals surface area contributed by atoms with E-state index in [4.69, 9.17) is 9.47 Å². The van der Waals surface area contributed by atoms with Crippen LogP contribution in [0.2, 0.25) is 0 Å². The van der Waals surface area contributed by atoms with E-state index in [0.717, 1.165) is 49.0 Å². The SMILES string of the molecule is CC(OCC1CCCCO1)C(=O)N1CCCc2cc(Br)ccc21. The molecule has 1 fully saturated rings. The molecule has 5 heteroatoms. The van der Waals surface area contributed by atoms with Gasteiger partial charge in [0.1, 0.15) is 6.10 Å². The van der Waals surface area contributed by atoms with Crippen molar-refractivity contribution in [2.24, 2.45) is 0 Å². The molecule has 23 heavy (non-hydrogen) atoms. The molecular weight excluding hydrogens is 358 g/mol. The summed E-state index contributed by atoms with van der Waals surface area (Å²) in [5.41, 5.74) is 2.25. The van der Waals surface area contributed by atoms with Crippen molar-refractivity contribution >= 4 is 27.5 Å².